The molecule has 0 aliphatic rings. The molecule has 0 aromatic carbocycles. The topological polar surface area (TPSA) is 98.6 Å². The molecule has 1 atom stereocenters. The van der Waals surface area contributed by atoms with E-state index in [4.69, 9.17) is 18.6 Å². The normalized spacial score (nSPS) is 14.8. The quantitative estimate of drug-likeness (QED) is 0.739. The highest BCUT2D eigenvalue weighted by atomic mass is 32.2. The van der Waals surface area contributed by atoms with Gasteiger partial charge in [-0.2, -0.15) is 0 Å². The highest BCUT2D eigenvalue weighted by molar-refractivity contribution is 7.98. The zero-order valence-electron chi connectivity index (χ0n) is 11.7. The van der Waals surface area contributed by atoms with Crippen LogP contribution in [-0.4, -0.2) is 35.0 Å². The van der Waals surface area contributed by atoms with Crippen LogP contribution < -0.4 is 4.74 Å². The van der Waals surface area contributed by atoms with Crippen LogP contribution in [0.15, 0.2) is 23.4 Å². The van der Waals surface area contributed by atoms with Crippen LogP contribution in [0.3, 0.4) is 0 Å². The van der Waals surface area contributed by atoms with Crippen molar-refractivity contribution in [3.63, 3.8) is 0 Å². The van der Waals surface area contributed by atoms with Crippen molar-refractivity contribution in [2.75, 3.05) is 25.8 Å². The van der Waals surface area contributed by atoms with Gasteiger partial charge >= 0.3 is 7.60 Å². The third-order valence-corrected chi connectivity index (χ3v) is 7.21. The zero-order chi connectivity index (χ0) is 15.2. The van der Waals surface area contributed by atoms with Crippen LogP contribution in [0.25, 0.3) is 0 Å². The number of methoxy groups -OCH3 is 1. The summed E-state index contributed by atoms with van der Waals surface area (Å²) in [5.41, 5.74) is -0.547. The van der Waals surface area contributed by atoms with Crippen LogP contribution >= 0.6 is 7.60 Å². The lowest BCUT2D eigenvalue weighted by molar-refractivity contribution is 0.224. The fourth-order valence-corrected chi connectivity index (χ4v) is 6.00. The lowest BCUT2D eigenvalue weighted by Crippen LogP contribution is -2.12. The molecule has 114 valence electrons. The molecule has 9 heteroatoms. The van der Waals surface area contributed by atoms with Crippen LogP contribution in [0.4, 0.5) is 0 Å². The van der Waals surface area contributed by atoms with Crippen molar-refractivity contribution in [1.29, 1.82) is 4.78 Å². The minimum Gasteiger partial charge on any atom is -0.494 e. The van der Waals surface area contributed by atoms with E-state index in [0.29, 0.717) is 0 Å². The number of aromatic nitrogens is 1. The Morgan fingerprint density at radius 2 is 1.95 bits per heavy atom. The molecule has 0 aliphatic heterocycles. The monoisotopic (exact) mass is 322 g/mol. The molecule has 0 radical (unpaired) electrons. The molecule has 0 amide bonds. The van der Waals surface area contributed by atoms with E-state index in [0.717, 1.165) is 0 Å². The highest BCUT2D eigenvalue weighted by Crippen LogP contribution is 2.50. The van der Waals surface area contributed by atoms with Crippen molar-refractivity contribution in [3.05, 3.63) is 18.3 Å². The lowest BCUT2D eigenvalue weighted by atomic mass is 10.5. The van der Waals surface area contributed by atoms with Gasteiger partial charge in [0.1, 0.15) is 15.2 Å². The Bertz CT molecular complexity index is 580. The first-order chi connectivity index (χ1) is 9.38. The second-order valence-corrected chi connectivity index (χ2v) is 8.27. The number of rotatable bonds is 8. The summed E-state index contributed by atoms with van der Waals surface area (Å²) in [5.74, 6) is 0.215. The van der Waals surface area contributed by atoms with Gasteiger partial charge in [-0.15, -0.1) is 0 Å². The SMILES string of the molecule is CCOP(=O)(CS(=N)(=O)c1ncccc1OC)OCC. The zero-order valence-corrected chi connectivity index (χ0v) is 13.4. The second kappa shape index (κ2) is 7.17. The predicted octanol–water partition coefficient (Wildman–Crippen LogP) is 2.72. The number of ether oxygens (including phenoxy) is 1. The van der Waals surface area contributed by atoms with Crippen molar-refractivity contribution in [1.82, 2.24) is 4.98 Å². The molecule has 7 nitrogen and oxygen atoms in total. The van der Waals surface area contributed by atoms with E-state index in [-0.39, 0.29) is 24.0 Å². The standard InChI is InChI=1S/C11H19N2O5PS/c1-4-17-19(14,18-5-2)9-20(12,15)11-10(16-3)7-6-8-13-11/h6-8,12H,4-5,9H2,1-3H3. The highest BCUT2D eigenvalue weighted by Gasteiger charge is 2.32. The van der Waals surface area contributed by atoms with Crippen molar-refractivity contribution < 1.29 is 22.6 Å². The average molecular weight is 322 g/mol. The molecule has 1 aromatic heterocycles. The molecule has 1 aromatic rings. The van der Waals surface area contributed by atoms with Gasteiger partial charge in [0.2, 0.25) is 0 Å². The molecule has 0 spiro atoms. The largest absolute Gasteiger partial charge is 0.494 e. The van der Waals surface area contributed by atoms with Crippen LogP contribution in [0, 0.1) is 4.78 Å². The second-order valence-electron chi connectivity index (χ2n) is 3.76. The maximum atomic E-state index is 12.5. The van der Waals surface area contributed by atoms with Crippen LogP contribution in [0.5, 0.6) is 5.75 Å². The maximum Gasteiger partial charge on any atom is 0.344 e. The Labute approximate surface area is 119 Å². The minimum atomic E-state index is -3.60. The summed E-state index contributed by atoms with van der Waals surface area (Å²) >= 11 is 0. The fourth-order valence-electron chi connectivity index (χ4n) is 1.57. The molecule has 0 aliphatic carbocycles. The van der Waals surface area contributed by atoms with Gasteiger partial charge in [-0.1, -0.05) is 0 Å². The van der Waals surface area contributed by atoms with E-state index in [1.54, 1.807) is 26.0 Å². The Balaban J connectivity index is 3.13. The van der Waals surface area contributed by atoms with Gasteiger partial charge in [-0.3, -0.25) is 4.57 Å². The molecule has 0 saturated carbocycles. The van der Waals surface area contributed by atoms with Crippen molar-refractivity contribution in [2.24, 2.45) is 0 Å². The Hall–Kier alpha value is -0.950. The predicted molar refractivity (Wildman–Crippen MR) is 75.6 cm³/mol. The summed E-state index contributed by atoms with van der Waals surface area (Å²) < 4.78 is 48.1. The van der Waals surface area contributed by atoms with Crippen LogP contribution in [-0.2, 0) is 23.3 Å². The minimum absolute atomic E-state index is 0.0536. The molecule has 0 fully saturated rings. The van der Waals surface area contributed by atoms with E-state index in [1.807, 2.05) is 0 Å². The van der Waals surface area contributed by atoms with Gasteiger partial charge in [0.25, 0.3) is 0 Å². The molecule has 1 N–H and O–H groups in total. The van der Waals surface area contributed by atoms with Gasteiger partial charge < -0.3 is 13.8 Å². The van der Waals surface area contributed by atoms with E-state index < -0.39 is 22.8 Å². The van der Waals surface area contributed by atoms with Gasteiger partial charge in [0.05, 0.1) is 20.3 Å². The number of nitrogens with zero attached hydrogens (tertiary/aromatic N) is 1. The molecule has 1 rings (SSSR count). The van der Waals surface area contributed by atoms with Crippen molar-refractivity contribution in [2.45, 2.75) is 18.9 Å². The number of pyridine rings is 1. The lowest BCUT2D eigenvalue weighted by Gasteiger charge is -2.18. The number of nitrogens with one attached hydrogen (secondary N) is 1. The van der Waals surface area contributed by atoms with Gasteiger partial charge in [0.15, 0.2) is 10.8 Å². The first-order valence-corrected chi connectivity index (χ1v) is 9.47. The molecule has 0 saturated heterocycles. The first kappa shape index (κ1) is 17.1. The summed E-state index contributed by atoms with van der Waals surface area (Å²) in [6, 6.07) is 3.14. The number of hydrogen-bond donors (Lipinski definition) is 1. The third-order valence-electron chi connectivity index (χ3n) is 2.26. The van der Waals surface area contributed by atoms with Crippen molar-refractivity contribution in [3.8, 4) is 5.75 Å². The average Bonchev–Trinajstić information content (AvgIpc) is 2.38. The fraction of sp³-hybridized carbons (Fsp3) is 0.545. The molecule has 1 heterocycles. The molecule has 0 bridgehead atoms. The Kier molecular flexibility index (Phi) is 6.13. The summed E-state index contributed by atoms with van der Waals surface area (Å²) in [6.07, 6.45) is 1.40. The van der Waals surface area contributed by atoms with Gasteiger partial charge in [-0.05, 0) is 26.0 Å². The van der Waals surface area contributed by atoms with Gasteiger partial charge in [-0.25, -0.2) is 14.0 Å². The van der Waals surface area contributed by atoms with E-state index in [9.17, 15) is 8.77 Å². The summed E-state index contributed by atoms with van der Waals surface area (Å²) in [6.45, 7) is 3.59. The Morgan fingerprint density at radius 1 is 1.35 bits per heavy atom. The summed E-state index contributed by atoms with van der Waals surface area (Å²) in [5, 5.41) is -0.0536. The smallest absolute Gasteiger partial charge is 0.344 e. The van der Waals surface area contributed by atoms with Crippen LogP contribution in [0.1, 0.15) is 13.8 Å². The van der Waals surface area contributed by atoms with Crippen molar-refractivity contribution >= 4 is 17.3 Å². The number of hydrogen-bond acceptors (Lipinski definition) is 7. The molecule has 20 heavy (non-hydrogen) atoms. The van der Waals surface area contributed by atoms with E-state index in [2.05, 4.69) is 4.98 Å². The Morgan fingerprint density at radius 3 is 2.45 bits per heavy atom. The third kappa shape index (κ3) is 4.28. The first-order valence-electron chi connectivity index (χ1n) is 6.02. The van der Waals surface area contributed by atoms with Crippen LogP contribution in [0.2, 0.25) is 0 Å². The van der Waals surface area contributed by atoms with E-state index >= 15 is 0 Å². The van der Waals surface area contributed by atoms with Gasteiger partial charge in [0, 0.05) is 6.20 Å². The molecular formula is C11H19N2O5PS. The molecule has 1 unspecified atom stereocenters. The summed E-state index contributed by atoms with van der Waals surface area (Å²) in [4.78, 5) is 3.91. The maximum absolute atomic E-state index is 12.5. The summed E-state index contributed by atoms with van der Waals surface area (Å²) in [7, 11) is -5.66. The van der Waals surface area contributed by atoms with E-state index in [1.165, 1.54) is 13.3 Å². The molecular weight excluding hydrogens is 303 g/mol.